The molecule has 0 unspecified atom stereocenters. The van der Waals surface area contributed by atoms with Gasteiger partial charge < -0.3 is 14.6 Å². The number of carbonyl (C=O) groups excluding carboxylic acids is 1. The van der Waals surface area contributed by atoms with Gasteiger partial charge in [0.25, 0.3) is 5.91 Å². The molecule has 1 aromatic carbocycles. The topological polar surface area (TPSA) is 89.1 Å². The smallest absolute Gasteiger partial charge is 0.270 e. The zero-order valence-electron chi connectivity index (χ0n) is 17.8. The van der Waals surface area contributed by atoms with Crippen LogP contribution in [0.15, 0.2) is 51.5 Å². The Hall–Kier alpha value is -2.37. The molecule has 1 N–H and O–H groups in total. The molecule has 0 fully saturated rings. The van der Waals surface area contributed by atoms with Gasteiger partial charge in [0.05, 0.1) is 22.7 Å². The summed E-state index contributed by atoms with van der Waals surface area (Å²) in [5.74, 6) is 1.38. The molecular weight excluding hydrogens is 503 g/mol. The third kappa shape index (κ3) is 5.77. The van der Waals surface area contributed by atoms with Crippen LogP contribution in [0, 0.1) is 0 Å². The summed E-state index contributed by atoms with van der Waals surface area (Å²) in [5.41, 5.74) is 1.05. The molecule has 12 heteroatoms. The summed E-state index contributed by atoms with van der Waals surface area (Å²) in [4.78, 5) is 18.8. The van der Waals surface area contributed by atoms with Crippen molar-refractivity contribution in [2.24, 2.45) is 0 Å². The number of nitrogens with one attached hydrogen (secondary N) is 1. The van der Waals surface area contributed by atoms with Crippen molar-refractivity contribution in [3.63, 3.8) is 0 Å². The lowest BCUT2D eigenvalue weighted by molar-refractivity contribution is 0.0946. The summed E-state index contributed by atoms with van der Waals surface area (Å²) >= 11 is 15.6. The summed E-state index contributed by atoms with van der Waals surface area (Å²) in [7, 11) is 3.91. The van der Waals surface area contributed by atoms with E-state index in [4.69, 9.17) is 27.6 Å². The lowest BCUT2D eigenvalue weighted by Gasteiger charge is -2.11. The van der Waals surface area contributed by atoms with Crippen LogP contribution in [0.4, 0.5) is 0 Å². The first-order valence-corrected chi connectivity index (χ1v) is 12.5. The van der Waals surface area contributed by atoms with Gasteiger partial charge in [-0.2, -0.15) is 0 Å². The van der Waals surface area contributed by atoms with E-state index < -0.39 is 0 Å². The van der Waals surface area contributed by atoms with Gasteiger partial charge in [-0.3, -0.25) is 9.36 Å². The molecule has 172 valence electrons. The Bertz CT molecular complexity index is 1240. The Labute approximate surface area is 208 Å². The lowest BCUT2D eigenvalue weighted by atomic mass is 10.3. The molecule has 0 aliphatic carbocycles. The highest BCUT2D eigenvalue weighted by atomic mass is 35.5. The zero-order chi connectivity index (χ0) is 23.4. The van der Waals surface area contributed by atoms with E-state index in [1.807, 2.05) is 19.0 Å². The van der Waals surface area contributed by atoms with Gasteiger partial charge in [0.1, 0.15) is 10.7 Å². The molecule has 4 aromatic rings. The van der Waals surface area contributed by atoms with Gasteiger partial charge in [-0.15, -0.1) is 21.5 Å². The summed E-state index contributed by atoms with van der Waals surface area (Å²) in [6.45, 7) is 1.32. The van der Waals surface area contributed by atoms with Crippen LogP contribution in [0.5, 0.6) is 0 Å². The van der Waals surface area contributed by atoms with Gasteiger partial charge in [0.15, 0.2) is 10.9 Å². The minimum absolute atomic E-state index is 0.182. The Morgan fingerprint density at radius 1 is 1.27 bits per heavy atom. The minimum atomic E-state index is -0.182. The van der Waals surface area contributed by atoms with Gasteiger partial charge >= 0.3 is 0 Å². The minimum Gasteiger partial charge on any atom is -0.461 e. The number of likely N-dealkylation sites (N-methyl/N-ethyl adjacent to an activating group) is 1. The van der Waals surface area contributed by atoms with Crippen molar-refractivity contribution < 1.29 is 9.21 Å². The van der Waals surface area contributed by atoms with E-state index >= 15 is 0 Å². The maximum atomic E-state index is 12.3. The Morgan fingerprint density at radius 2 is 2.12 bits per heavy atom. The number of rotatable bonds is 9. The maximum Gasteiger partial charge on any atom is 0.270 e. The quantitative estimate of drug-likeness (QED) is 0.313. The van der Waals surface area contributed by atoms with E-state index in [9.17, 15) is 4.79 Å². The molecule has 0 saturated heterocycles. The standard InChI is InChI=1S/C21H20Cl2N6O2S2/c1-28(2)8-7-24-20(30)15-11-32-18(25-15)12-33-21-27-26-19(17-4-3-9-31-17)29(21)16-10-13(22)5-6-14(16)23/h3-6,9-11H,7-8,12H2,1-2H3,(H,24,30). The average Bonchev–Trinajstić information content (AvgIpc) is 3.54. The normalized spacial score (nSPS) is 11.3. The number of amides is 1. The van der Waals surface area contributed by atoms with Gasteiger partial charge in [0, 0.05) is 23.5 Å². The number of thioether (sulfide) groups is 1. The fourth-order valence-electron chi connectivity index (χ4n) is 2.89. The first-order valence-electron chi connectivity index (χ1n) is 9.87. The highest BCUT2D eigenvalue weighted by molar-refractivity contribution is 7.98. The van der Waals surface area contributed by atoms with E-state index in [-0.39, 0.29) is 5.91 Å². The van der Waals surface area contributed by atoms with Crippen LogP contribution < -0.4 is 5.32 Å². The van der Waals surface area contributed by atoms with Gasteiger partial charge in [-0.1, -0.05) is 35.0 Å². The number of halogens is 2. The SMILES string of the molecule is CN(C)CCNC(=O)c1csc(CSc2nnc(-c3ccco3)n2-c2cc(Cl)ccc2Cl)n1. The summed E-state index contributed by atoms with van der Waals surface area (Å²) in [5, 5.41) is 15.7. The molecule has 0 aliphatic heterocycles. The van der Waals surface area contributed by atoms with Crippen LogP contribution in [0.3, 0.4) is 0 Å². The molecule has 0 saturated carbocycles. The van der Waals surface area contributed by atoms with E-state index in [0.717, 1.165) is 11.6 Å². The van der Waals surface area contributed by atoms with Crippen molar-refractivity contribution in [2.75, 3.05) is 27.2 Å². The van der Waals surface area contributed by atoms with Crippen LogP contribution in [0.1, 0.15) is 15.5 Å². The summed E-state index contributed by atoms with van der Waals surface area (Å²) in [6, 6.07) is 8.78. The number of aromatic nitrogens is 4. The molecule has 4 rings (SSSR count). The third-order valence-electron chi connectivity index (χ3n) is 4.48. The van der Waals surface area contributed by atoms with Crippen LogP contribution in [-0.2, 0) is 5.75 Å². The third-order valence-corrected chi connectivity index (χ3v) is 7.00. The number of benzene rings is 1. The van der Waals surface area contributed by atoms with Crippen molar-refractivity contribution >= 4 is 52.2 Å². The second-order valence-corrected chi connectivity index (χ2v) is 9.92. The molecule has 0 bridgehead atoms. The van der Waals surface area contributed by atoms with Crippen LogP contribution in [-0.4, -0.2) is 57.7 Å². The molecule has 0 aliphatic rings. The van der Waals surface area contributed by atoms with E-state index in [1.54, 1.807) is 46.5 Å². The van der Waals surface area contributed by atoms with Crippen molar-refractivity contribution in [3.8, 4) is 17.3 Å². The van der Waals surface area contributed by atoms with Crippen molar-refractivity contribution in [1.29, 1.82) is 0 Å². The van der Waals surface area contributed by atoms with Crippen LogP contribution in [0.2, 0.25) is 10.0 Å². The van der Waals surface area contributed by atoms with Crippen LogP contribution >= 0.6 is 46.3 Å². The van der Waals surface area contributed by atoms with Gasteiger partial charge in [-0.25, -0.2) is 4.98 Å². The fourth-order valence-corrected chi connectivity index (χ4v) is 5.00. The molecule has 33 heavy (non-hydrogen) atoms. The lowest BCUT2D eigenvalue weighted by Crippen LogP contribution is -2.31. The number of thiazole rings is 1. The van der Waals surface area contributed by atoms with Gasteiger partial charge in [-0.05, 0) is 44.4 Å². The van der Waals surface area contributed by atoms with Crippen molar-refractivity contribution in [3.05, 3.63) is 62.7 Å². The highest BCUT2D eigenvalue weighted by Gasteiger charge is 2.21. The van der Waals surface area contributed by atoms with E-state index in [2.05, 4.69) is 20.5 Å². The van der Waals surface area contributed by atoms with E-state index in [1.165, 1.54) is 23.1 Å². The summed E-state index contributed by atoms with van der Waals surface area (Å²) in [6.07, 6.45) is 1.57. The molecule has 3 aromatic heterocycles. The monoisotopic (exact) mass is 522 g/mol. The first kappa shape index (κ1) is 23.8. The zero-order valence-corrected chi connectivity index (χ0v) is 20.9. The number of carbonyl (C=O) groups is 1. The second kappa shape index (κ2) is 10.7. The van der Waals surface area contributed by atoms with Gasteiger partial charge in [0.2, 0.25) is 5.82 Å². The summed E-state index contributed by atoms with van der Waals surface area (Å²) < 4.78 is 7.34. The predicted molar refractivity (Wildman–Crippen MR) is 132 cm³/mol. The number of furan rings is 1. The number of nitrogens with zero attached hydrogens (tertiary/aromatic N) is 5. The average molecular weight is 523 g/mol. The molecule has 3 heterocycles. The predicted octanol–water partition coefficient (Wildman–Crippen LogP) is 4.87. The molecule has 0 atom stereocenters. The fraction of sp³-hybridized carbons (Fsp3) is 0.238. The molecule has 0 radical (unpaired) electrons. The highest BCUT2D eigenvalue weighted by Crippen LogP contribution is 2.34. The largest absolute Gasteiger partial charge is 0.461 e. The molecule has 0 spiro atoms. The van der Waals surface area contributed by atoms with Crippen molar-refractivity contribution in [1.82, 2.24) is 30.0 Å². The molecular formula is C21H20Cl2N6O2S2. The van der Waals surface area contributed by atoms with E-state index in [0.29, 0.717) is 50.5 Å². The maximum absolute atomic E-state index is 12.3. The Balaban J connectivity index is 1.54. The number of hydrogen-bond donors (Lipinski definition) is 1. The second-order valence-electron chi connectivity index (χ2n) is 7.19. The van der Waals surface area contributed by atoms with Crippen molar-refractivity contribution in [2.45, 2.75) is 10.9 Å². The van der Waals surface area contributed by atoms with Crippen LogP contribution in [0.25, 0.3) is 17.3 Å². The Morgan fingerprint density at radius 3 is 2.88 bits per heavy atom. The molecule has 8 nitrogen and oxygen atoms in total. The number of hydrogen-bond acceptors (Lipinski definition) is 8. The Kier molecular flexibility index (Phi) is 7.71. The first-order chi connectivity index (χ1) is 15.9. The molecule has 1 amide bonds.